The van der Waals surface area contributed by atoms with Gasteiger partial charge in [0.2, 0.25) is 0 Å². The number of hydrogen-bond acceptors (Lipinski definition) is 2. The van der Waals surface area contributed by atoms with E-state index in [1.54, 1.807) is 0 Å². The maximum absolute atomic E-state index is 12.4. The van der Waals surface area contributed by atoms with E-state index in [2.05, 4.69) is 0 Å². The van der Waals surface area contributed by atoms with Crippen LogP contribution in [0, 0.1) is 12.8 Å². The summed E-state index contributed by atoms with van der Waals surface area (Å²) >= 11 is 0. The lowest BCUT2D eigenvalue weighted by Gasteiger charge is -2.32. The molecule has 1 fully saturated rings. The molecule has 0 aromatic carbocycles. The Morgan fingerprint density at radius 1 is 1.53 bits per heavy atom. The maximum Gasteiger partial charge on any atom is 0.270 e. The van der Waals surface area contributed by atoms with Gasteiger partial charge in [-0.2, -0.15) is 0 Å². The van der Waals surface area contributed by atoms with E-state index in [0.29, 0.717) is 12.5 Å². The summed E-state index contributed by atoms with van der Waals surface area (Å²) in [5.41, 5.74) is 7.58. The minimum Gasteiger partial charge on any atom is -0.344 e. The molecule has 2 N–H and O–H groups in total. The van der Waals surface area contributed by atoms with E-state index < -0.39 is 0 Å². The molecule has 4 nitrogen and oxygen atoms in total. The van der Waals surface area contributed by atoms with Gasteiger partial charge >= 0.3 is 0 Å². The fourth-order valence-electron chi connectivity index (χ4n) is 2.43. The van der Waals surface area contributed by atoms with E-state index in [1.807, 2.05) is 35.6 Å². The van der Waals surface area contributed by atoms with Gasteiger partial charge in [-0.25, -0.2) is 0 Å². The molecule has 1 aromatic heterocycles. The number of nitrogens with two attached hydrogens (primary N) is 1. The summed E-state index contributed by atoms with van der Waals surface area (Å²) in [5.74, 6) is 0.604. The summed E-state index contributed by atoms with van der Waals surface area (Å²) in [6, 6.07) is 3.89. The molecule has 1 atom stereocenters. The largest absolute Gasteiger partial charge is 0.344 e. The lowest BCUT2D eigenvalue weighted by Crippen LogP contribution is -2.42. The SMILES string of the molecule is Cc1ccc(C(=O)N2CCCC(CN)C2)n1C. The van der Waals surface area contributed by atoms with Crippen LogP contribution < -0.4 is 5.73 Å². The first-order valence-electron chi connectivity index (χ1n) is 6.25. The molecule has 0 radical (unpaired) electrons. The lowest BCUT2D eigenvalue weighted by atomic mass is 9.98. The Balaban J connectivity index is 2.12. The second-order valence-corrected chi connectivity index (χ2v) is 4.91. The van der Waals surface area contributed by atoms with Crippen LogP contribution in [0.1, 0.15) is 29.0 Å². The molecule has 2 heterocycles. The van der Waals surface area contributed by atoms with Crippen molar-refractivity contribution >= 4 is 5.91 Å². The molecule has 1 aromatic rings. The smallest absolute Gasteiger partial charge is 0.270 e. The van der Waals surface area contributed by atoms with Gasteiger partial charge in [-0.05, 0) is 44.4 Å². The number of aromatic nitrogens is 1. The molecule has 2 rings (SSSR count). The first-order chi connectivity index (χ1) is 8.13. The van der Waals surface area contributed by atoms with E-state index in [9.17, 15) is 4.79 Å². The lowest BCUT2D eigenvalue weighted by molar-refractivity contribution is 0.0668. The number of carbonyl (C=O) groups excluding carboxylic acids is 1. The van der Waals surface area contributed by atoms with Crippen LogP contribution in [0.3, 0.4) is 0 Å². The van der Waals surface area contributed by atoms with Gasteiger partial charge < -0.3 is 15.2 Å². The van der Waals surface area contributed by atoms with Crippen molar-refractivity contribution in [1.29, 1.82) is 0 Å². The predicted molar refractivity (Wildman–Crippen MR) is 67.8 cm³/mol. The van der Waals surface area contributed by atoms with Crippen LogP contribution in [0.25, 0.3) is 0 Å². The zero-order chi connectivity index (χ0) is 12.4. The van der Waals surface area contributed by atoms with E-state index in [4.69, 9.17) is 5.73 Å². The Kier molecular flexibility index (Phi) is 3.52. The highest BCUT2D eigenvalue weighted by atomic mass is 16.2. The summed E-state index contributed by atoms with van der Waals surface area (Å²) in [7, 11) is 1.94. The van der Waals surface area contributed by atoms with Gasteiger partial charge in [0, 0.05) is 25.8 Å². The van der Waals surface area contributed by atoms with Crippen LogP contribution in [0.5, 0.6) is 0 Å². The Bertz CT molecular complexity index is 411. The summed E-state index contributed by atoms with van der Waals surface area (Å²) in [4.78, 5) is 14.3. The molecular formula is C13H21N3O. The molecule has 1 saturated heterocycles. The zero-order valence-electron chi connectivity index (χ0n) is 10.6. The van der Waals surface area contributed by atoms with Crippen molar-refractivity contribution in [3.8, 4) is 0 Å². The first-order valence-corrected chi connectivity index (χ1v) is 6.25. The van der Waals surface area contributed by atoms with Crippen LogP contribution in [-0.4, -0.2) is 35.0 Å². The van der Waals surface area contributed by atoms with E-state index in [1.165, 1.54) is 0 Å². The summed E-state index contributed by atoms with van der Waals surface area (Å²) in [5, 5.41) is 0. The number of hydrogen-bond donors (Lipinski definition) is 1. The van der Waals surface area contributed by atoms with Crippen molar-refractivity contribution in [3.05, 3.63) is 23.5 Å². The predicted octanol–water partition coefficient (Wildman–Crippen LogP) is 1.14. The van der Waals surface area contributed by atoms with Crippen molar-refractivity contribution in [2.75, 3.05) is 19.6 Å². The molecular weight excluding hydrogens is 214 g/mol. The number of nitrogens with zero attached hydrogens (tertiary/aromatic N) is 2. The fraction of sp³-hybridized carbons (Fsp3) is 0.615. The molecule has 0 aliphatic carbocycles. The summed E-state index contributed by atoms with van der Waals surface area (Å²) in [6.07, 6.45) is 2.21. The second-order valence-electron chi connectivity index (χ2n) is 4.91. The highest BCUT2D eigenvalue weighted by Gasteiger charge is 2.25. The number of aryl methyl sites for hydroxylation is 1. The molecule has 1 aliphatic heterocycles. The fourth-order valence-corrected chi connectivity index (χ4v) is 2.43. The number of amides is 1. The highest BCUT2D eigenvalue weighted by Crippen LogP contribution is 2.18. The number of likely N-dealkylation sites (tertiary alicyclic amines) is 1. The molecule has 0 saturated carbocycles. The number of rotatable bonds is 2. The Morgan fingerprint density at radius 2 is 2.29 bits per heavy atom. The molecule has 1 amide bonds. The normalized spacial score (nSPS) is 20.6. The van der Waals surface area contributed by atoms with Gasteiger partial charge in [-0.1, -0.05) is 0 Å². The van der Waals surface area contributed by atoms with Gasteiger partial charge in [0.05, 0.1) is 0 Å². The van der Waals surface area contributed by atoms with E-state index in [0.717, 1.165) is 37.3 Å². The van der Waals surface area contributed by atoms with Crippen LogP contribution in [0.4, 0.5) is 0 Å². The zero-order valence-corrected chi connectivity index (χ0v) is 10.6. The topological polar surface area (TPSA) is 51.3 Å². The Hall–Kier alpha value is -1.29. The van der Waals surface area contributed by atoms with Gasteiger partial charge in [0.1, 0.15) is 5.69 Å². The molecule has 4 heteroatoms. The van der Waals surface area contributed by atoms with E-state index >= 15 is 0 Å². The minimum absolute atomic E-state index is 0.138. The molecule has 94 valence electrons. The summed E-state index contributed by atoms with van der Waals surface area (Å²) in [6.45, 7) is 4.35. The van der Waals surface area contributed by atoms with Crippen LogP contribution in [0.2, 0.25) is 0 Å². The van der Waals surface area contributed by atoms with Crippen molar-refractivity contribution in [1.82, 2.24) is 9.47 Å². The van der Waals surface area contributed by atoms with Crippen molar-refractivity contribution < 1.29 is 4.79 Å². The quantitative estimate of drug-likeness (QED) is 0.836. The molecule has 17 heavy (non-hydrogen) atoms. The third-order valence-corrected chi connectivity index (χ3v) is 3.73. The van der Waals surface area contributed by atoms with Crippen LogP contribution in [-0.2, 0) is 7.05 Å². The van der Waals surface area contributed by atoms with E-state index in [-0.39, 0.29) is 5.91 Å². The molecule has 1 unspecified atom stereocenters. The first kappa shape index (κ1) is 12.2. The molecule has 0 bridgehead atoms. The summed E-state index contributed by atoms with van der Waals surface area (Å²) < 4.78 is 1.95. The van der Waals surface area contributed by atoms with Gasteiger partial charge in [-0.3, -0.25) is 4.79 Å². The van der Waals surface area contributed by atoms with Crippen LogP contribution in [0.15, 0.2) is 12.1 Å². The van der Waals surface area contributed by atoms with Gasteiger partial charge in [-0.15, -0.1) is 0 Å². The van der Waals surface area contributed by atoms with Crippen molar-refractivity contribution in [2.45, 2.75) is 19.8 Å². The monoisotopic (exact) mass is 235 g/mol. The minimum atomic E-state index is 0.138. The third-order valence-electron chi connectivity index (χ3n) is 3.73. The van der Waals surface area contributed by atoms with Crippen molar-refractivity contribution in [2.24, 2.45) is 18.7 Å². The average molecular weight is 235 g/mol. The number of carbonyl (C=O) groups is 1. The van der Waals surface area contributed by atoms with Gasteiger partial charge in [0.25, 0.3) is 5.91 Å². The number of piperidine rings is 1. The van der Waals surface area contributed by atoms with Gasteiger partial charge in [0.15, 0.2) is 0 Å². The average Bonchev–Trinajstić information content (AvgIpc) is 2.69. The standard InChI is InChI=1S/C13H21N3O/c1-10-5-6-12(15(10)2)13(17)16-7-3-4-11(8-14)9-16/h5-6,11H,3-4,7-9,14H2,1-2H3. The maximum atomic E-state index is 12.4. The second kappa shape index (κ2) is 4.92. The van der Waals surface area contributed by atoms with Crippen molar-refractivity contribution in [3.63, 3.8) is 0 Å². The highest BCUT2D eigenvalue weighted by molar-refractivity contribution is 5.93. The Labute approximate surface area is 102 Å². The molecule has 1 aliphatic rings. The van der Waals surface area contributed by atoms with Crippen LogP contribution >= 0.6 is 0 Å². The third kappa shape index (κ3) is 2.36. The molecule has 0 spiro atoms. The Morgan fingerprint density at radius 3 is 2.88 bits per heavy atom.